The molecule has 0 rings (SSSR count). The van der Waals surface area contributed by atoms with Crippen LogP contribution in [-0.2, 0) is 9.84 Å². The Morgan fingerprint density at radius 1 is 1.29 bits per heavy atom. The van der Waals surface area contributed by atoms with E-state index in [2.05, 4.69) is 29.5 Å². The van der Waals surface area contributed by atoms with Gasteiger partial charge in [-0.2, -0.15) is 0 Å². The van der Waals surface area contributed by atoms with Gasteiger partial charge in [0.05, 0.1) is 4.75 Å². The van der Waals surface area contributed by atoms with Gasteiger partial charge in [-0.25, -0.2) is 8.42 Å². The minimum absolute atomic E-state index is 0.337. The highest BCUT2D eigenvalue weighted by Crippen LogP contribution is 2.13. The number of aliphatic imine (C=N–C) groups is 1. The second-order valence-corrected chi connectivity index (χ2v) is 7.88. The number of hydrogen-bond donors (Lipinski definition) is 2. The van der Waals surface area contributed by atoms with Crippen LogP contribution in [0.3, 0.4) is 0 Å². The Labute approximate surface area is 105 Å². The molecule has 0 amide bonds. The maximum Gasteiger partial charge on any atom is 0.191 e. The van der Waals surface area contributed by atoms with Gasteiger partial charge in [0.25, 0.3) is 0 Å². The van der Waals surface area contributed by atoms with Gasteiger partial charge in [-0.1, -0.05) is 13.8 Å². The lowest BCUT2D eigenvalue weighted by molar-refractivity contribution is 0.542. The Bertz CT molecular complexity index is 359. The highest BCUT2D eigenvalue weighted by atomic mass is 32.2. The molecule has 0 heterocycles. The minimum Gasteiger partial charge on any atom is -0.356 e. The van der Waals surface area contributed by atoms with Crippen molar-refractivity contribution in [3.8, 4) is 0 Å². The van der Waals surface area contributed by atoms with Gasteiger partial charge in [-0.05, 0) is 19.8 Å². The van der Waals surface area contributed by atoms with Crippen LogP contribution >= 0.6 is 0 Å². The van der Waals surface area contributed by atoms with Crippen molar-refractivity contribution in [2.45, 2.75) is 32.4 Å². The number of guanidine groups is 1. The Balaban J connectivity index is 4.35. The summed E-state index contributed by atoms with van der Waals surface area (Å²) in [5, 5.41) is 6.17. The number of sulfone groups is 1. The first kappa shape index (κ1) is 16.2. The van der Waals surface area contributed by atoms with Gasteiger partial charge in [0.2, 0.25) is 0 Å². The van der Waals surface area contributed by atoms with Crippen LogP contribution in [0.1, 0.15) is 27.7 Å². The lowest BCUT2D eigenvalue weighted by atomic mass is 10.2. The van der Waals surface area contributed by atoms with Crippen LogP contribution in [0.25, 0.3) is 0 Å². The summed E-state index contributed by atoms with van der Waals surface area (Å²) in [7, 11) is -1.41. The number of hydrogen-bond acceptors (Lipinski definition) is 3. The summed E-state index contributed by atoms with van der Waals surface area (Å²) >= 11 is 0. The Morgan fingerprint density at radius 2 is 1.82 bits per heavy atom. The predicted molar refractivity (Wildman–Crippen MR) is 73.1 cm³/mol. The van der Waals surface area contributed by atoms with Crippen molar-refractivity contribution in [3.05, 3.63) is 0 Å². The molecule has 5 nitrogen and oxygen atoms in total. The monoisotopic (exact) mass is 263 g/mol. The molecule has 0 fully saturated rings. The largest absolute Gasteiger partial charge is 0.356 e. The zero-order chi connectivity index (χ0) is 13.7. The molecule has 0 atom stereocenters. The maximum atomic E-state index is 11.5. The van der Waals surface area contributed by atoms with Crippen molar-refractivity contribution < 1.29 is 8.42 Å². The van der Waals surface area contributed by atoms with Crippen LogP contribution in [0.2, 0.25) is 0 Å². The predicted octanol–water partition coefficient (Wildman–Crippen LogP) is 0.631. The Morgan fingerprint density at radius 3 is 2.18 bits per heavy atom. The van der Waals surface area contributed by atoms with Gasteiger partial charge in [-0.3, -0.25) is 4.99 Å². The van der Waals surface area contributed by atoms with Gasteiger partial charge >= 0.3 is 0 Å². The number of rotatable bonds is 5. The van der Waals surface area contributed by atoms with Crippen LogP contribution in [-0.4, -0.2) is 45.5 Å². The molecule has 6 heteroatoms. The average Bonchev–Trinajstić information content (AvgIpc) is 2.15. The number of nitrogens with zero attached hydrogens (tertiary/aromatic N) is 1. The summed E-state index contributed by atoms with van der Waals surface area (Å²) in [6, 6.07) is 0. The molecule has 0 aromatic rings. The van der Waals surface area contributed by atoms with E-state index in [1.54, 1.807) is 20.9 Å². The summed E-state index contributed by atoms with van der Waals surface area (Å²) in [5.74, 6) is 1.15. The van der Waals surface area contributed by atoms with E-state index in [1.807, 2.05) is 0 Å². The van der Waals surface area contributed by atoms with Crippen LogP contribution in [0.15, 0.2) is 4.99 Å². The molecular weight excluding hydrogens is 238 g/mol. The number of nitrogens with one attached hydrogen (secondary N) is 2. The van der Waals surface area contributed by atoms with Crippen LogP contribution in [0, 0.1) is 5.92 Å². The molecule has 0 aliphatic carbocycles. The van der Waals surface area contributed by atoms with Crippen molar-refractivity contribution in [3.63, 3.8) is 0 Å². The third kappa shape index (κ3) is 5.91. The van der Waals surface area contributed by atoms with Crippen molar-refractivity contribution in [1.29, 1.82) is 0 Å². The second kappa shape index (κ2) is 6.23. The Hall–Kier alpha value is -0.780. The molecular formula is C11H25N3O2S. The molecule has 0 radical (unpaired) electrons. The first-order valence-corrected chi connectivity index (χ1v) is 7.63. The first-order chi connectivity index (χ1) is 7.60. The van der Waals surface area contributed by atoms with Crippen LogP contribution in [0.4, 0.5) is 0 Å². The van der Waals surface area contributed by atoms with Gasteiger partial charge in [0, 0.05) is 26.4 Å². The summed E-state index contributed by atoms with van der Waals surface area (Å²) in [6.45, 7) is 8.74. The molecule has 0 aliphatic heterocycles. The van der Waals surface area contributed by atoms with E-state index < -0.39 is 14.6 Å². The maximum absolute atomic E-state index is 11.5. The fraction of sp³-hybridized carbons (Fsp3) is 0.909. The van der Waals surface area contributed by atoms with E-state index in [0.717, 1.165) is 6.54 Å². The third-order valence-electron chi connectivity index (χ3n) is 2.59. The van der Waals surface area contributed by atoms with Crippen molar-refractivity contribution >= 4 is 15.8 Å². The van der Waals surface area contributed by atoms with Gasteiger partial charge < -0.3 is 10.6 Å². The van der Waals surface area contributed by atoms with Gasteiger partial charge in [0.1, 0.15) is 0 Å². The standard InChI is InChI=1S/C11H25N3O2S/c1-9(2)7-13-10(12-5)14-8-11(3,4)17(6,15)16/h9H,7-8H2,1-6H3,(H2,12,13,14). The molecule has 2 N–H and O–H groups in total. The molecule has 102 valence electrons. The SMILES string of the molecule is CN=C(NCC(C)C)NCC(C)(C)S(C)(=O)=O. The lowest BCUT2D eigenvalue weighted by Crippen LogP contribution is -2.48. The van der Waals surface area contributed by atoms with Crippen LogP contribution in [0.5, 0.6) is 0 Å². The van der Waals surface area contributed by atoms with Crippen molar-refractivity contribution in [1.82, 2.24) is 10.6 Å². The van der Waals surface area contributed by atoms with Crippen molar-refractivity contribution in [2.24, 2.45) is 10.9 Å². The summed E-state index contributed by atoms with van der Waals surface area (Å²) in [5.41, 5.74) is 0. The van der Waals surface area contributed by atoms with E-state index in [0.29, 0.717) is 18.4 Å². The summed E-state index contributed by atoms with van der Waals surface area (Å²) in [6.07, 6.45) is 1.25. The van der Waals surface area contributed by atoms with E-state index in [-0.39, 0.29) is 0 Å². The first-order valence-electron chi connectivity index (χ1n) is 5.74. The minimum atomic E-state index is -3.08. The molecule has 17 heavy (non-hydrogen) atoms. The third-order valence-corrected chi connectivity index (χ3v) is 4.74. The van der Waals surface area contributed by atoms with Gasteiger partial charge in [-0.15, -0.1) is 0 Å². The highest BCUT2D eigenvalue weighted by molar-refractivity contribution is 7.92. The molecule has 0 spiro atoms. The molecule has 0 saturated heterocycles. The lowest BCUT2D eigenvalue weighted by Gasteiger charge is -2.24. The normalized spacial score (nSPS) is 13.9. The zero-order valence-electron chi connectivity index (χ0n) is 11.7. The fourth-order valence-electron chi connectivity index (χ4n) is 0.949. The molecule has 0 aromatic heterocycles. The second-order valence-electron chi connectivity index (χ2n) is 5.23. The summed E-state index contributed by atoms with van der Waals surface area (Å²) in [4.78, 5) is 4.04. The smallest absolute Gasteiger partial charge is 0.191 e. The van der Waals surface area contributed by atoms with E-state index in [4.69, 9.17) is 0 Å². The molecule has 0 unspecified atom stereocenters. The summed E-state index contributed by atoms with van der Waals surface area (Å²) < 4.78 is 22.2. The highest BCUT2D eigenvalue weighted by Gasteiger charge is 2.30. The van der Waals surface area contributed by atoms with E-state index in [1.165, 1.54) is 6.26 Å². The van der Waals surface area contributed by atoms with Crippen LogP contribution < -0.4 is 10.6 Å². The molecule has 0 bridgehead atoms. The molecule has 0 aliphatic rings. The van der Waals surface area contributed by atoms with Gasteiger partial charge in [0.15, 0.2) is 15.8 Å². The average molecular weight is 263 g/mol. The zero-order valence-corrected chi connectivity index (χ0v) is 12.5. The van der Waals surface area contributed by atoms with Crippen molar-refractivity contribution in [2.75, 3.05) is 26.4 Å². The fourth-order valence-corrected chi connectivity index (χ4v) is 1.28. The molecule has 0 aromatic carbocycles. The molecule has 0 saturated carbocycles. The Kier molecular flexibility index (Phi) is 5.95. The topological polar surface area (TPSA) is 70.6 Å². The quantitative estimate of drug-likeness (QED) is 0.564. The van der Waals surface area contributed by atoms with E-state index in [9.17, 15) is 8.42 Å². The van der Waals surface area contributed by atoms with E-state index >= 15 is 0 Å².